The molecule has 1 N–H and O–H groups in total. The zero-order valence-electron chi connectivity index (χ0n) is 19.4. The zero-order valence-corrected chi connectivity index (χ0v) is 20.9. The highest BCUT2D eigenvalue weighted by atomic mass is 35.5. The van der Waals surface area contributed by atoms with E-state index in [1.165, 1.54) is 0 Å². The summed E-state index contributed by atoms with van der Waals surface area (Å²) in [5.41, 5.74) is -0.574. The first-order valence-corrected chi connectivity index (χ1v) is 11.8. The minimum absolute atomic E-state index is 0.00923. The Kier molecular flexibility index (Phi) is 8.47. The van der Waals surface area contributed by atoms with Gasteiger partial charge < -0.3 is 29.3 Å². The van der Waals surface area contributed by atoms with Crippen LogP contribution in [0.3, 0.4) is 0 Å². The van der Waals surface area contributed by atoms with Crippen LogP contribution in [0.25, 0.3) is 0 Å². The van der Waals surface area contributed by atoms with Crippen LogP contribution >= 0.6 is 23.2 Å². The van der Waals surface area contributed by atoms with Crippen molar-refractivity contribution in [1.82, 2.24) is 20.2 Å². The van der Waals surface area contributed by atoms with Gasteiger partial charge in [0.25, 0.3) is 0 Å². The normalized spacial score (nSPS) is 20.6. The predicted octanol–water partition coefficient (Wildman–Crippen LogP) is 2.90. The SMILES string of the molecule is CN(C(=O)OC(C)(C)C)C1CCN(c2nc(Cl)nc(Cl)c2OCCOC(=O)C2CCCN2)C1. The third-order valence-corrected chi connectivity index (χ3v) is 5.82. The van der Waals surface area contributed by atoms with Crippen molar-refractivity contribution in [2.75, 3.05) is 44.8 Å². The van der Waals surface area contributed by atoms with Gasteiger partial charge in [0.2, 0.25) is 5.28 Å². The molecule has 2 aliphatic heterocycles. The molecule has 1 aromatic heterocycles. The lowest BCUT2D eigenvalue weighted by atomic mass is 10.2. The molecule has 1 amide bonds. The topological polar surface area (TPSA) is 106 Å². The summed E-state index contributed by atoms with van der Waals surface area (Å²) in [7, 11) is 1.72. The molecule has 0 spiro atoms. The van der Waals surface area contributed by atoms with Crippen LogP contribution in [-0.2, 0) is 14.3 Å². The molecule has 184 valence electrons. The fourth-order valence-corrected chi connectivity index (χ4v) is 4.16. The van der Waals surface area contributed by atoms with E-state index in [1.807, 2.05) is 25.7 Å². The van der Waals surface area contributed by atoms with Crippen LogP contribution < -0.4 is 15.0 Å². The lowest BCUT2D eigenvalue weighted by molar-refractivity contribution is -0.146. The average Bonchev–Trinajstić information content (AvgIpc) is 3.42. The molecule has 2 atom stereocenters. The molecule has 3 heterocycles. The monoisotopic (exact) mass is 503 g/mol. The minimum Gasteiger partial charge on any atom is -0.483 e. The summed E-state index contributed by atoms with van der Waals surface area (Å²) in [6.45, 7) is 7.57. The number of carbonyl (C=O) groups is 2. The van der Waals surface area contributed by atoms with E-state index < -0.39 is 5.60 Å². The summed E-state index contributed by atoms with van der Waals surface area (Å²) in [6.07, 6.45) is 2.05. The number of hydrogen-bond acceptors (Lipinski definition) is 9. The number of halogens is 2. The van der Waals surface area contributed by atoms with Gasteiger partial charge in [0.15, 0.2) is 16.7 Å². The number of likely N-dealkylation sites (N-methyl/N-ethyl adjacent to an activating group) is 1. The molecule has 2 saturated heterocycles. The van der Waals surface area contributed by atoms with Gasteiger partial charge in [0.1, 0.15) is 24.9 Å². The Morgan fingerprint density at radius 3 is 2.64 bits per heavy atom. The van der Waals surface area contributed by atoms with Crippen molar-refractivity contribution < 1.29 is 23.8 Å². The molecule has 0 bridgehead atoms. The number of aromatic nitrogens is 2. The van der Waals surface area contributed by atoms with Crippen molar-refractivity contribution >= 4 is 41.1 Å². The van der Waals surface area contributed by atoms with Gasteiger partial charge in [-0.15, -0.1) is 0 Å². The predicted molar refractivity (Wildman–Crippen MR) is 124 cm³/mol. The van der Waals surface area contributed by atoms with Crippen LogP contribution in [-0.4, -0.2) is 84.5 Å². The van der Waals surface area contributed by atoms with E-state index >= 15 is 0 Å². The van der Waals surface area contributed by atoms with Crippen LogP contribution in [0.1, 0.15) is 40.0 Å². The van der Waals surface area contributed by atoms with Crippen molar-refractivity contribution in [1.29, 1.82) is 0 Å². The van der Waals surface area contributed by atoms with Crippen molar-refractivity contribution in [2.45, 2.75) is 57.7 Å². The van der Waals surface area contributed by atoms with Gasteiger partial charge >= 0.3 is 12.1 Å². The molecule has 3 rings (SSSR count). The molecule has 10 nitrogen and oxygen atoms in total. The number of ether oxygens (including phenoxy) is 3. The number of carbonyl (C=O) groups excluding carboxylic acids is 2. The van der Waals surface area contributed by atoms with Gasteiger partial charge in [-0.25, -0.2) is 9.78 Å². The van der Waals surface area contributed by atoms with Gasteiger partial charge in [-0.2, -0.15) is 4.98 Å². The molecule has 2 unspecified atom stereocenters. The number of anilines is 1. The quantitative estimate of drug-likeness (QED) is 0.260. The molecule has 1 aromatic rings. The summed E-state index contributed by atoms with van der Waals surface area (Å²) in [5.74, 6) is 0.405. The number of rotatable bonds is 7. The Labute approximate surface area is 203 Å². The second kappa shape index (κ2) is 10.9. The highest BCUT2D eigenvalue weighted by Crippen LogP contribution is 2.36. The van der Waals surface area contributed by atoms with Crippen LogP contribution in [0.4, 0.5) is 10.6 Å². The molecule has 2 aliphatic rings. The first-order chi connectivity index (χ1) is 15.5. The maximum Gasteiger partial charge on any atom is 0.410 e. The van der Waals surface area contributed by atoms with Gasteiger partial charge in [-0.3, -0.25) is 4.79 Å². The smallest absolute Gasteiger partial charge is 0.410 e. The lowest BCUT2D eigenvalue weighted by Gasteiger charge is -2.29. The third kappa shape index (κ3) is 6.97. The summed E-state index contributed by atoms with van der Waals surface area (Å²) in [4.78, 5) is 36.3. The van der Waals surface area contributed by atoms with E-state index in [0.29, 0.717) is 25.3 Å². The Morgan fingerprint density at radius 2 is 1.97 bits per heavy atom. The maximum atomic E-state index is 12.4. The fraction of sp³-hybridized carbons (Fsp3) is 0.714. The number of hydrogen-bond donors (Lipinski definition) is 1. The van der Waals surface area contributed by atoms with E-state index in [1.54, 1.807) is 11.9 Å². The molecule has 0 radical (unpaired) electrons. The second-order valence-electron chi connectivity index (χ2n) is 9.08. The lowest BCUT2D eigenvalue weighted by Crippen LogP contribution is -2.42. The van der Waals surface area contributed by atoms with E-state index in [9.17, 15) is 9.59 Å². The molecular formula is C21H31Cl2N5O5. The van der Waals surface area contributed by atoms with E-state index in [4.69, 9.17) is 37.4 Å². The van der Waals surface area contributed by atoms with E-state index in [2.05, 4.69) is 15.3 Å². The highest BCUT2D eigenvalue weighted by Gasteiger charge is 2.33. The molecular weight excluding hydrogens is 473 g/mol. The second-order valence-corrected chi connectivity index (χ2v) is 9.78. The van der Waals surface area contributed by atoms with Crippen molar-refractivity contribution in [2.24, 2.45) is 0 Å². The average molecular weight is 504 g/mol. The van der Waals surface area contributed by atoms with Crippen LogP contribution in [0.2, 0.25) is 10.4 Å². The van der Waals surface area contributed by atoms with E-state index in [0.717, 1.165) is 19.4 Å². The molecule has 12 heteroatoms. The molecule has 0 saturated carbocycles. The van der Waals surface area contributed by atoms with Crippen LogP contribution in [0.5, 0.6) is 5.75 Å². The number of esters is 1. The van der Waals surface area contributed by atoms with Gasteiger partial charge in [-0.05, 0) is 58.2 Å². The first-order valence-electron chi connectivity index (χ1n) is 11.0. The largest absolute Gasteiger partial charge is 0.483 e. The Morgan fingerprint density at radius 1 is 1.21 bits per heavy atom. The standard InChI is InChI=1S/C21H31Cl2N5O5/c1-21(2,3)33-20(30)27(4)13-7-9-28(12-13)17-15(16(22)25-19(23)26-17)31-10-11-32-18(29)14-6-5-8-24-14/h13-14,24H,5-12H2,1-4H3. The molecule has 0 aromatic carbocycles. The zero-order chi connectivity index (χ0) is 24.2. The van der Waals surface area contributed by atoms with Crippen molar-refractivity contribution in [3.8, 4) is 5.75 Å². The summed E-state index contributed by atoms with van der Waals surface area (Å²) >= 11 is 12.3. The number of nitrogens with zero attached hydrogens (tertiary/aromatic N) is 4. The maximum absolute atomic E-state index is 12.4. The van der Waals surface area contributed by atoms with Gasteiger partial charge in [0, 0.05) is 20.1 Å². The Balaban J connectivity index is 1.61. The molecule has 33 heavy (non-hydrogen) atoms. The van der Waals surface area contributed by atoms with Crippen LogP contribution in [0, 0.1) is 0 Å². The Bertz CT molecular complexity index is 860. The van der Waals surface area contributed by atoms with Crippen molar-refractivity contribution in [3.05, 3.63) is 10.4 Å². The third-order valence-electron chi connectivity index (χ3n) is 5.39. The van der Waals surface area contributed by atoms with Crippen LogP contribution in [0.15, 0.2) is 0 Å². The molecule has 2 fully saturated rings. The van der Waals surface area contributed by atoms with Gasteiger partial charge in [0.05, 0.1) is 6.04 Å². The van der Waals surface area contributed by atoms with E-state index in [-0.39, 0.29) is 53.5 Å². The number of amides is 1. The van der Waals surface area contributed by atoms with Gasteiger partial charge in [-0.1, -0.05) is 11.6 Å². The fourth-order valence-electron chi connectivity index (χ4n) is 3.73. The molecule has 0 aliphatic carbocycles. The summed E-state index contributed by atoms with van der Waals surface area (Å²) in [6, 6.07) is -0.341. The van der Waals surface area contributed by atoms with Crippen molar-refractivity contribution in [3.63, 3.8) is 0 Å². The highest BCUT2D eigenvalue weighted by molar-refractivity contribution is 6.33. The summed E-state index contributed by atoms with van der Waals surface area (Å²) in [5, 5.41) is 3.15. The minimum atomic E-state index is -0.574. The Hall–Kier alpha value is -2.04. The number of nitrogens with one attached hydrogen (secondary N) is 1. The first kappa shape index (κ1) is 25.6. The summed E-state index contributed by atoms with van der Waals surface area (Å²) < 4.78 is 16.5.